The van der Waals surface area contributed by atoms with Crippen molar-refractivity contribution >= 4 is 28.9 Å². The Labute approximate surface area is 180 Å². The lowest BCUT2D eigenvalue weighted by Gasteiger charge is -2.28. The minimum atomic E-state index is -1.01. The average molecular weight is 423 g/mol. The number of carboxylic acid groups (broad SMARTS) is 1. The first-order valence-electron chi connectivity index (χ1n) is 9.92. The summed E-state index contributed by atoms with van der Waals surface area (Å²) in [6, 6.07) is 10.5. The zero-order valence-electron chi connectivity index (χ0n) is 16.9. The molecule has 0 amide bonds. The van der Waals surface area contributed by atoms with Crippen LogP contribution in [-0.2, 0) is 19.3 Å². The van der Waals surface area contributed by atoms with Crippen LogP contribution < -0.4 is 16.2 Å². The van der Waals surface area contributed by atoms with Crippen molar-refractivity contribution in [1.29, 1.82) is 0 Å². The first kappa shape index (κ1) is 20.1. The van der Waals surface area contributed by atoms with Crippen molar-refractivity contribution in [1.82, 2.24) is 0 Å². The van der Waals surface area contributed by atoms with Gasteiger partial charge in [0.05, 0.1) is 22.0 Å². The molecule has 0 aliphatic carbocycles. The van der Waals surface area contributed by atoms with Crippen molar-refractivity contribution in [2.24, 2.45) is 0 Å². The van der Waals surface area contributed by atoms with Gasteiger partial charge in [0.15, 0.2) is 11.5 Å². The van der Waals surface area contributed by atoms with Gasteiger partial charge in [0.2, 0.25) is 0 Å². The molecule has 0 saturated carbocycles. The Balaban J connectivity index is 1.89. The number of carbonyl (C=O) groups is 1. The quantitative estimate of drug-likeness (QED) is 0.367. The van der Waals surface area contributed by atoms with E-state index in [0.717, 1.165) is 35.1 Å². The second-order valence-corrected chi connectivity index (χ2v) is 7.72. The van der Waals surface area contributed by atoms with Gasteiger partial charge in [-0.05, 0) is 35.6 Å². The highest BCUT2D eigenvalue weighted by molar-refractivity contribution is 6.32. The van der Waals surface area contributed by atoms with Crippen molar-refractivity contribution in [3.8, 4) is 22.6 Å². The topological polar surface area (TPSA) is 98.6 Å². The molecule has 3 aromatic carbocycles. The van der Waals surface area contributed by atoms with Crippen molar-refractivity contribution < 1.29 is 14.6 Å². The van der Waals surface area contributed by atoms with Gasteiger partial charge in [0.1, 0.15) is 0 Å². The molecule has 0 fully saturated rings. The van der Waals surface area contributed by atoms with Gasteiger partial charge in [-0.15, -0.1) is 0 Å². The zero-order chi connectivity index (χ0) is 21.6. The molecular weight excluding hydrogens is 400 g/mol. The Morgan fingerprint density at radius 3 is 2.37 bits per heavy atom. The summed E-state index contributed by atoms with van der Waals surface area (Å²) in [5.74, 6) is 0.0517. The van der Waals surface area contributed by atoms with Crippen molar-refractivity contribution in [3.05, 3.63) is 69.2 Å². The van der Waals surface area contributed by atoms with Crippen LogP contribution in [0.2, 0.25) is 5.02 Å². The van der Waals surface area contributed by atoms with Crippen LogP contribution in [0.3, 0.4) is 0 Å². The molecule has 0 radical (unpaired) electrons. The van der Waals surface area contributed by atoms with Gasteiger partial charge in [-0.25, -0.2) is 4.79 Å². The SMILES string of the molecule is CCc1c(N)c2c(c(Cl)c1CC)Cc1ccc(-c3ccccc3C(=O)O)c(N)c1O2. The Hall–Kier alpha value is -3.18. The molecule has 5 N–H and O–H groups in total. The number of benzene rings is 3. The molecular formula is C24H23ClN2O3. The van der Waals surface area contributed by atoms with E-state index in [2.05, 4.69) is 6.92 Å². The zero-order valence-corrected chi connectivity index (χ0v) is 17.6. The Morgan fingerprint density at radius 2 is 1.70 bits per heavy atom. The van der Waals surface area contributed by atoms with Crippen LogP contribution in [-0.4, -0.2) is 11.1 Å². The van der Waals surface area contributed by atoms with E-state index >= 15 is 0 Å². The summed E-state index contributed by atoms with van der Waals surface area (Å²) in [6.45, 7) is 4.10. The van der Waals surface area contributed by atoms with Gasteiger partial charge in [-0.2, -0.15) is 0 Å². The van der Waals surface area contributed by atoms with Crippen molar-refractivity contribution in [2.75, 3.05) is 11.5 Å². The van der Waals surface area contributed by atoms with Crippen LogP contribution in [0.15, 0.2) is 36.4 Å². The van der Waals surface area contributed by atoms with Gasteiger partial charge in [0, 0.05) is 23.1 Å². The van der Waals surface area contributed by atoms with E-state index in [1.807, 2.05) is 19.1 Å². The highest BCUT2D eigenvalue weighted by Crippen LogP contribution is 2.50. The Morgan fingerprint density at radius 1 is 1.00 bits per heavy atom. The van der Waals surface area contributed by atoms with Gasteiger partial charge < -0.3 is 21.3 Å². The summed E-state index contributed by atoms with van der Waals surface area (Å²) in [4.78, 5) is 11.7. The number of anilines is 2. The summed E-state index contributed by atoms with van der Waals surface area (Å²) >= 11 is 6.74. The second kappa shape index (κ2) is 7.58. The summed E-state index contributed by atoms with van der Waals surface area (Å²) in [6.07, 6.45) is 2.09. The van der Waals surface area contributed by atoms with E-state index in [1.54, 1.807) is 24.3 Å². The molecule has 1 aliphatic rings. The number of nitrogens with two attached hydrogens (primary N) is 2. The summed E-state index contributed by atoms with van der Waals surface area (Å²) < 4.78 is 6.24. The third-order valence-corrected chi connectivity index (χ3v) is 6.20. The van der Waals surface area contributed by atoms with E-state index in [9.17, 15) is 9.90 Å². The second-order valence-electron chi connectivity index (χ2n) is 7.34. The fraction of sp³-hybridized carbons (Fsp3) is 0.208. The predicted molar refractivity (Wildman–Crippen MR) is 121 cm³/mol. The predicted octanol–water partition coefficient (Wildman–Crippen LogP) is 5.69. The van der Waals surface area contributed by atoms with Gasteiger partial charge in [-0.3, -0.25) is 0 Å². The number of fused-ring (bicyclic) bond motifs is 2. The third kappa shape index (κ3) is 2.97. The maximum absolute atomic E-state index is 11.7. The van der Waals surface area contributed by atoms with Crippen LogP contribution in [0.5, 0.6) is 11.5 Å². The number of aromatic carboxylic acids is 1. The monoisotopic (exact) mass is 422 g/mol. The normalized spacial score (nSPS) is 12.1. The first-order valence-corrected chi connectivity index (χ1v) is 10.3. The summed E-state index contributed by atoms with van der Waals surface area (Å²) in [5, 5.41) is 10.3. The summed E-state index contributed by atoms with van der Waals surface area (Å²) in [7, 11) is 0. The number of carboxylic acids is 1. The lowest BCUT2D eigenvalue weighted by atomic mass is 9.89. The molecule has 0 spiro atoms. The molecule has 5 nitrogen and oxygen atoms in total. The maximum atomic E-state index is 11.7. The van der Waals surface area contributed by atoms with Gasteiger partial charge in [0.25, 0.3) is 0 Å². The number of ether oxygens (including phenoxy) is 1. The van der Waals surface area contributed by atoms with Crippen LogP contribution in [0.25, 0.3) is 11.1 Å². The largest absolute Gasteiger partial charge is 0.478 e. The van der Waals surface area contributed by atoms with Crippen molar-refractivity contribution in [3.63, 3.8) is 0 Å². The number of hydrogen-bond donors (Lipinski definition) is 3. The van der Waals surface area contributed by atoms with Crippen LogP contribution in [0.4, 0.5) is 11.4 Å². The molecule has 0 bridgehead atoms. The molecule has 4 rings (SSSR count). The smallest absolute Gasteiger partial charge is 0.336 e. The van der Waals surface area contributed by atoms with Crippen molar-refractivity contribution in [2.45, 2.75) is 33.1 Å². The number of rotatable bonds is 4. The van der Waals surface area contributed by atoms with Gasteiger partial charge >= 0.3 is 5.97 Å². The van der Waals surface area contributed by atoms with E-state index in [1.165, 1.54) is 0 Å². The van der Waals surface area contributed by atoms with Gasteiger partial charge in [-0.1, -0.05) is 55.8 Å². The third-order valence-electron chi connectivity index (χ3n) is 5.74. The molecule has 6 heteroatoms. The highest BCUT2D eigenvalue weighted by Gasteiger charge is 2.29. The average Bonchev–Trinajstić information content (AvgIpc) is 2.75. The maximum Gasteiger partial charge on any atom is 0.336 e. The molecule has 0 atom stereocenters. The standard InChI is InChI=1S/C24H23ClN2O3/c1-3-13-14(4-2)20(26)23-18(19(13)25)11-12-9-10-16(21(27)22(12)30-23)15-7-5-6-8-17(15)24(28)29/h5-10H,3-4,11,26-27H2,1-2H3,(H,28,29). The fourth-order valence-corrected chi connectivity index (χ4v) is 4.66. The van der Waals surface area contributed by atoms with E-state index in [0.29, 0.717) is 45.4 Å². The van der Waals surface area contributed by atoms with Crippen LogP contribution in [0, 0.1) is 0 Å². The van der Waals surface area contributed by atoms with E-state index < -0.39 is 5.97 Å². The number of halogens is 1. The molecule has 0 aromatic heterocycles. The minimum absolute atomic E-state index is 0.184. The van der Waals surface area contributed by atoms with E-state index in [4.69, 9.17) is 27.8 Å². The lowest BCUT2D eigenvalue weighted by molar-refractivity contribution is 0.0697. The minimum Gasteiger partial charge on any atom is -0.478 e. The molecule has 3 aromatic rings. The lowest BCUT2D eigenvalue weighted by Crippen LogP contribution is -2.13. The van der Waals surface area contributed by atoms with Crippen LogP contribution in [0.1, 0.15) is 46.5 Å². The number of nitrogen functional groups attached to an aromatic ring is 2. The summed E-state index contributed by atoms with van der Waals surface area (Å²) in [5.41, 5.74) is 19.1. The molecule has 0 unspecified atom stereocenters. The molecule has 154 valence electrons. The molecule has 1 heterocycles. The highest BCUT2D eigenvalue weighted by atomic mass is 35.5. The van der Waals surface area contributed by atoms with E-state index in [-0.39, 0.29) is 5.56 Å². The Bertz CT molecular complexity index is 1190. The fourth-order valence-electron chi connectivity index (χ4n) is 4.26. The first-order chi connectivity index (χ1) is 14.4. The number of hydrogen-bond acceptors (Lipinski definition) is 4. The molecule has 30 heavy (non-hydrogen) atoms. The van der Waals surface area contributed by atoms with Crippen LogP contribution >= 0.6 is 11.6 Å². The molecule has 1 aliphatic heterocycles. The molecule has 0 saturated heterocycles. The Kier molecular flexibility index (Phi) is 5.08.